The summed E-state index contributed by atoms with van der Waals surface area (Å²) in [5.41, 5.74) is 5.21. The predicted molar refractivity (Wildman–Crippen MR) is 214 cm³/mol. The molecule has 51 heavy (non-hydrogen) atoms. The number of hydrogen-bond donors (Lipinski definition) is 4. The van der Waals surface area contributed by atoms with E-state index in [-0.39, 0.29) is 36.2 Å². The summed E-state index contributed by atoms with van der Waals surface area (Å²) in [4.78, 5) is 21.5. The molecule has 9 heteroatoms. The van der Waals surface area contributed by atoms with Crippen molar-refractivity contribution in [2.45, 2.75) is 103 Å². The second kappa shape index (κ2) is 25.0. The average Bonchev–Trinajstić information content (AvgIpc) is 3.17. The largest absolute Gasteiger partial charge is 0.462 e. The van der Waals surface area contributed by atoms with Crippen LogP contribution in [0.4, 0.5) is 4.39 Å². The first-order valence-corrected chi connectivity index (χ1v) is 20.3. The third-order valence-corrected chi connectivity index (χ3v) is 11.0. The van der Waals surface area contributed by atoms with Crippen LogP contribution >= 0.6 is 23.3 Å². The number of esters is 1. The summed E-state index contributed by atoms with van der Waals surface area (Å²) in [7, 11) is 1.70. The van der Waals surface area contributed by atoms with Gasteiger partial charge >= 0.3 is 5.97 Å². The van der Waals surface area contributed by atoms with Crippen LogP contribution in [0.3, 0.4) is 0 Å². The summed E-state index contributed by atoms with van der Waals surface area (Å²) in [6, 6.07) is 6.89. The molecule has 3 aliphatic rings. The van der Waals surface area contributed by atoms with Gasteiger partial charge in [-0.1, -0.05) is 69.7 Å². The number of unbranched alkanes of at least 4 members (excludes halogenated alkanes) is 2. The molecule has 286 valence electrons. The van der Waals surface area contributed by atoms with E-state index in [1.807, 2.05) is 6.08 Å². The first-order chi connectivity index (χ1) is 24.6. The Bertz CT molecular complexity index is 1280. The van der Waals surface area contributed by atoms with Crippen LogP contribution in [0.5, 0.6) is 0 Å². The number of benzene rings is 1. The van der Waals surface area contributed by atoms with Crippen molar-refractivity contribution in [3.63, 3.8) is 0 Å². The molecule has 2 N–H and O–H groups in total. The lowest BCUT2D eigenvalue weighted by Crippen LogP contribution is -2.32. The highest BCUT2D eigenvalue weighted by Gasteiger charge is 2.34. The minimum Gasteiger partial charge on any atom is -0.462 e. The molecular weight excluding hydrogens is 684 g/mol. The lowest BCUT2D eigenvalue weighted by atomic mass is 9.67. The van der Waals surface area contributed by atoms with E-state index in [0.29, 0.717) is 31.3 Å². The first-order valence-electron chi connectivity index (χ1n) is 18.7. The number of methoxy groups -OCH3 is 1. The third kappa shape index (κ3) is 14.6. The van der Waals surface area contributed by atoms with Gasteiger partial charge in [0.1, 0.15) is 12.5 Å². The Labute approximate surface area is 317 Å². The number of carbonyl (C=O) groups excluding carboxylic acids is 2. The molecule has 2 saturated carbocycles. The summed E-state index contributed by atoms with van der Waals surface area (Å²) in [6.45, 7) is 11.4. The lowest BCUT2D eigenvalue weighted by Gasteiger charge is -2.39. The SMILES string of the molecule is C=C(C=O)CO.C=C(CO)C(=O)OCC(COC)C1CCC(C2CCC(c3ccc(C4=CC(F)C(CCCCC)C=C4)c(C)c3)CC2)CC1.SS. The molecule has 3 unspecified atom stereocenters. The van der Waals surface area contributed by atoms with Crippen molar-refractivity contribution in [2.24, 2.45) is 29.6 Å². The number of carbonyl (C=O) groups is 2. The molecule has 0 radical (unpaired) electrons. The highest BCUT2D eigenvalue weighted by Crippen LogP contribution is 2.45. The van der Waals surface area contributed by atoms with Crippen molar-refractivity contribution < 1.29 is 33.7 Å². The summed E-state index contributed by atoms with van der Waals surface area (Å²) >= 11 is 6.44. The second-order valence-corrected chi connectivity index (χ2v) is 14.5. The summed E-state index contributed by atoms with van der Waals surface area (Å²) in [5, 5.41) is 17.1. The molecule has 0 bridgehead atoms. The van der Waals surface area contributed by atoms with Gasteiger partial charge in [-0.05, 0) is 117 Å². The monoisotopic (exact) mass is 746 g/mol. The molecule has 0 amide bonds. The van der Waals surface area contributed by atoms with E-state index in [2.05, 4.69) is 80.7 Å². The lowest BCUT2D eigenvalue weighted by molar-refractivity contribution is -0.142. The van der Waals surface area contributed by atoms with Crippen LogP contribution in [0.25, 0.3) is 5.57 Å². The van der Waals surface area contributed by atoms with Gasteiger partial charge in [0.2, 0.25) is 0 Å². The molecule has 0 heterocycles. The third-order valence-electron chi connectivity index (χ3n) is 11.0. The van der Waals surface area contributed by atoms with Crippen molar-refractivity contribution in [1.29, 1.82) is 0 Å². The normalized spacial score (nSPS) is 24.8. The van der Waals surface area contributed by atoms with E-state index in [1.54, 1.807) is 7.11 Å². The number of thiol groups is 2. The van der Waals surface area contributed by atoms with E-state index in [1.165, 1.54) is 68.1 Å². The van der Waals surface area contributed by atoms with Crippen molar-refractivity contribution in [1.82, 2.24) is 0 Å². The topological polar surface area (TPSA) is 93.1 Å². The second-order valence-electron chi connectivity index (χ2n) is 14.5. The molecule has 1 aromatic rings. The zero-order valence-electron chi connectivity index (χ0n) is 31.1. The Morgan fingerprint density at radius 3 is 2.16 bits per heavy atom. The highest BCUT2D eigenvalue weighted by molar-refractivity contribution is 8.59. The van der Waals surface area contributed by atoms with Gasteiger partial charge in [0.25, 0.3) is 0 Å². The van der Waals surface area contributed by atoms with Crippen LogP contribution < -0.4 is 0 Å². The number of allylic oxidation sites excluding steroid dienone is 4. The quantitative estimate of drug-likeness (QED) is 0.0337. The molecule has 0 aliphatic heterocycles. The molecule has 2 fully saturated rings. The average molecular weight is 747 g/mol. The molecule has 3 aliphatic carbocycles. The summed E-state index contributed by atoms with van der Waals surface area (Å²) in [5.74, 6) is 2.39. The Morgan fingerprint density at radius 1 is 1.00 bits per heavy atom. The standard InChI is InChI=1S/C38H55FO4.C4H6O2.H2S2/c1-5-6-7-8-32-17-18-34(22-37(32)39)36-20-19-33(21-26(36)2)30-13-9-28(10-14-30)29-11-15-31(16-12-29)35(24-42-4)25-43-38(41)27(3)23-40;1-4(2-5)3-6;1-2/h17-22,28-32,35,37,40H,3,5-16,23-25H2,1-2,4H3;2,6H,1,3H2;1-2H. The fourth-order valence-electron chi connectivity index (χ4n) is 7.95. The number of hydrogen-bond acceptors (Lipinski definition) is 8. The predicted octanol–water partition coefficient (Wildman–Crippen LogP) is 9.41. The van der Waals surface area contributed by atoms with E-state index >= 15 is 0 Å². The highest BCUT2D eigenvalue weighted by atomic mass is 33.1. The van der Waals surface area contributed by atoms with E-state index in [0.717, 1.165) is 43.1 Å². The maximum absolute atomic E-state index is 14.9. The van der Waals surface area contributed by atoms with Crippen LogP contribution in [-0.2, 0) is 19.1 Å². The van der Waals surface area contributed by atoms with Crippen LogP contribution in [-0.4, -0.2) is 62.2 Å². The Balaban J connectivity index is 0.00000102. The van der Waals surface area contributed by atoms with E-state index < -0.39 is 12.1 Å². The molecular formula is C42H63FO6S2. The first kappa shape index (κ1) is 45.0. The number of aryl methyl sites for hydroxylation is 1. The van der Waals surface area contributed by atoms with Gasteiger partial charge in [0, 0.05) is 24.5 Å². The van der Waals surface area contributed by atoms with Crippen LogP contribution in [0, 0.1) is 36.5 Å². The molecule has 0 saturated heterocycles. The van der Waals surface area contributed by atoms with Gasteiger partial charge in [-0.25, -0.2) is 9.18 Å². The number of alkyl halides is 1. The van der Waals surface area contributed by atoms with E-state index in [9.17, 15) is 14.0 Å². The number of aliphatic hydroxyl groups is 2. The number of halogens is 1. The fourth-order valence-corrected chi connectivity index (χ4v) is 7.95. The van der Waals surface area contributed by atoms with Crippen LogP contribution in [0.2, 0.25) is 0 Å². The zero-order valence-corrected chi connectivity index (χ0v) is 32.9. The van der Waals surface area contributed by atoms with Gasteiger partial charge in [-0.15, -0.1) is 23.3 Å². The summed E-state index contributed by atoms with van der Waals surface area (Å²) < 4.78 is 25.8. The smallest absolute Gasteiger partial charge is 0.335 e. The van der Waals surface area contributed by atoms with Crippen LogP contribution in [0.15, 0.2) is 60.7 Å². The Morgan fingerprint density at radius 2 is 1.65 bits per heavy atom. The van der Waals surface area contributed by atoms with Crippen molar-refractivity contribution in [3.8, 4) is 0 Å². The zero-order chi connectivity index (χ0) is 37.8. The minimum absolute atomic E-state index is 0.0230. The van der Waals surface area contributed by atoms with Gasteiger partial charge < -0.3 is 19.7 Å². The van der Waals surface area contributed by atoms with Gasteiger partial charge in [0.05, 0.1) is 32.0 Å². The summed E-state index contributed by atoms with van der Waals surface area (Å²) in [6.07, 6.45) is 20.0. The molecule has 3 atom stereocenters. The molecule has 0 aromatic heterocycles. The number of aliphatic hydroxyl groups excluding tert-OH is 2. The maximum atomic E-state index is 14.9. The molecule has 0 spiro atoms. The van der Waals surface area contributed by atoms with Gasteiger partial charge in [-0.3, -0.25) is 4.79 Å². The minimum atomic E-state index is -0.887. The molecule has 6 nitrogen and oxygen atoms in total. The van der Waals surface area contributed by atoms with E-state index in [4.69, 9.17) is 19.7 Å². The van der Waals surface area contributed by atoms with Crippen molar-refractivity contribution in [3.05, 3.63) is 77.4 Å². The van der Waals surface area contributed by atoms with Crippen LogP contribution in [0.1, 0.15) is 107 Å². The number of aldehydes is 1. The molecule has 4 rings (SSSR count). The number of rotatable bonds is 16. The van der Waals surface area contributed by atoms with Gasteiger partial charge in [0.15, 0.2) is 0 Å². The number of ether oxygens (including phenoxy) is 2. The van der Waals surface area contributed by atoms with Gasteiger partial charge in [-0.2, -0.15) is 0 Å². The van der Waals surface area contributed by atoms with Crippen molar-refractivity contribution >= 4 is 41.2 Å². The van der Waals surface area contributed by atoms with Crippen molar-refractivity contribution in [2.75, 3.05) is 33.5 Å². The molecule has 1 aromatic carbocycles. The Hall–Kier alpha value is -2.17. The Kier molecular flexibility index (Phi) is 22.0. The maximum Gasteiger partial charge on any atom is 0.335 e. The fraction of sp³-hybridized carbons (Fsp3) is 0.619.